The Morgan fingerprint density at radius 1 is 1.36 bits per heavy atom. The lowest BCUT2D eigenvalue weighted by molar-refractivity contribution is -0.125. The highest BCUT2D eigenvalue weighted by molar-refractivity contribution is 5.93. The molecule has 2 amide bonds. The smallest absolute Gasteiger partial charge is 0.224 e. The Morgan fingerprint density at radius 2 is 2.24 bits per heavy atom. The van der Waals surface area contributed by atoms with E-state index in [2.05, 4.69) is 38.0 Å². The van der Waals surface area contributed by atoms with Gasteiger partial charge in [-0.2, -0.15) is 5.10 Å². The van der Waals surface area contributed by atoms with Crippen molar-refractivity contribution in [2.45, 2.75) is 39.0 Å². The fraction of sp³-hybridized carbons (Fsp3) is 0.444. The molecule has 2 heterocycles. The highest BCUT2D eigenvalue weighted by atomic mass is 16.2. The summed E-state index contributed by atoms with van der Waals surface area (Å²) in [7, 11) is 0. The Balaban J connectivity index is 1.40. The number of nitrogens with one attached hydrogen (secondary N) is 3. The van der Waals surface area contributed by atoms with E-state index in [4.69, 9.17) is 0 Å². The molecule has 1 atom stereocenters. The molecule has 0 fully saturated rings. The van der Waals surface area contributed by atoms with E-state index in [9.17, 15) is 9.59 Å². The third-order valence-corrected chi connectivity index (χ3v) is 4.40. The summed E-state index contributed by atoms with van der Waals surface area (Å²) in [6.07, 6.45) is 9.43. The second-order valence-corrected chi connectivity index (χ2v) is 6.37. The van der Waals surface area contributed by atoms with Crippen molar-refractivity contribution >= 4 is 28.5 Å². The lowest BCUT2D eigenvalue weighted by Gasteiger charge is -2.17. The van der Waals surface area contributed by atoms with Crippen LogP contribution < -0.4 is 10.6 Å². The lowest BCUT2D eigenvalue weighted by atomic mass is 9.94. The van der Waals surface area contributed by atoms with Gasteiger partial charge in [-0.05, 0) is 38.7 Å². The minimum Gasteiger partial charge on any atom is -0.356 e. The molecule has 0 radical (unpaired) electrons. The summed E-state index contributed by atoms with van der Waals surface area (Å²) < 4.78 is 0. The standard InChI is InChI=1S/C18H23N5O2/c1-12-15-10-14(11-20-17(15)23-22-12)21-16(24)8-5-9-19-18(25)13-6-3-2-4-7-13/h2-3,10-11,13H,4-9H2,1H3,(H,19,25)(H,21,24)(H,20,22,23)/t13-/m1/s1. The molecule has 0 saturated carbocycles. The van der Waals surface area contributed by atoms with Gasteiger partial charge in [-0.1, -0.05) is 12.2 Å². The van der Waals surface area contributed by atoms with Crippen LogP contribution in [0.3, 0.4) is 0 Å². The van der Waals surface area contributed by atoms with Crippen molar-refractivity contribution < 1.29 is 9.59 Å². The maximum atomic E-state index is 12.0. The monoisotopic (exact) mass is 341 g/mol. The summed E-state index contributed by atoms with van der Waals surface area (Å²) >= 11 is 0. The highest BCUT2D eigenvalue weighted by Gasteiger charge is 2.17. The molecule has 1 aliphatic rings. The molecule has 0 bridgehead atoms. The average molecular weight is 341 g/mol. The molecule has 132 valence electrons. The van der Waals surface area contributed by atoms with Crippen molar-refractivity contribution in [3.63, 3.8) is 0 Å². The van der Waals surface area contributed by atoms with Crippen molar-refractivity contribution in [3.05, 3.63) is 30.1 Å². The molecule has 0 unspecified atom stereocenters. The topological polar surface area (TPSA) is 99.8 Å². The summed E-state index contributed by atoms with van der Waals surface area (Å²) in [6.45, 7) is 2.43. The summed E-state index contributed by atoms with van der Waals surface area (Å²) in [6, 6.07) is 1.86. The zero-order chi connectivity index (χ0) is 17.6. The molecule has 7 nitrogen and oxygen atoms in total. The molecular formula is C18H23N5O2. The van der Waals surface area contributed by atoms with E-state index < -0.39 is 0 Å². The number of pyridine rings is 1. The van der Waals surface area contributed by atoms with Crippen LogP contribution in [0.1, 0.15) is 37.8 Å². The zero-order valence-corrected chi connectivity index (χ0v) is 14.3. The number of amides is 2. The van der Waals surface area contributed by atoms with Gasteiger partial charge in [0.25, 0.3) is 0 Å². The van der Waals surface area contributed by atoms with E-state index in [1.807, 2.05) is 13.0 Å². The minimum absolute atomic E-state index is 0.0785. The van der Waals surface area contributed by atoms with Gasteiger partial charge in [0, 0.05) is 30.0 Å². The number of aromatic nitrogens is 3. The number of rotatable bonds is 6. The maximum absolute atomic E-state index is 12.0. The van der Waals surface area contributed by atoms with Crippen LogP contribution in [0.5, 0.6) is 0 Å². The van der Waals surface area contributed by atoms with Crippen LogP contribution in [-0.4, -0.2) is 33.5 Å². The number of hydrogen-bond acceptors (Lipinski definition) is 4. The van der Waals surface area contributed by atoms with E-state index in [1.54, 1.807) is 6.20 Å². The van der Waals surface area contributed by atoms with Gasteiger partial charge in [0.1, 0.15) is 0 Å². The predicted molar refractivity (Wildman–Crippen MR) is 96.0 cm³/mol. The van der Waals surface area contributed by atoms with Crippen LogP contribution in [-0.2, 0) is 9.59 Å². The van der Waals surface area contributed by atoms with E-state index in [-0.39, 0.29) is 17.7 Å². The van der Waals surface area contributed by atoms with Gasteiger partial charge in [0.2, 0.25) is 11.8 Å². The summed E-state index contributed by atoms with van der Waals surface area (Å²) in [4.78, 5) is 28.2. The number of carbonyl (C=O) groups is 2. The highest BCUT2D eigenvalue weighted by Crippen LogP contribution is 2.18. The third kappa shape index (κ3) is 4.43. The van der Waals surface area contributed by atoms with Gasteiger partial charge in [0.15, 0.2) is 5.65 Å². The first-order valence-electron chi connectivity index (χ1n) is 8.67. The Labute approximate surface area is 146 Å². The molecule has 0 aromatic carbocycles. The normalized spacial score (nSPS) is 16.8. The molecule has 0 spiro atoms. The molecule has 0 aliphatic heterocycles. The fourth-order valence-electron chi connectivity index (χ4n) is 2.95. The number of aromatic amines is 1. The lowest BCUT2D eigenvalue weighted by Crippen LogP contribution is -2.32. The quantitative estimate of drug-likeness (QED) is 0.555. The van der Waals surface area contributed by atoms with Crippen molar-refractivity contribution in [2.24, 2.45) is 5.92 Å². The molecule has 2 aromatic heterocycles. The number of fused-ring (bicyclic) bond motifs is 1. The van der Waals surface area contributed by atoms with Crippen molar-refractivity contribution in [1.29, 1.82) is 0 Å². The van der Waals surface area contributed by atoms with Crippen molar-refractivity contribution in [2.75, 3.05) is 11.9 Å². The SMILES string of the molecule is Cc1[nH]nc2ncc(NC(=O)CCCNC(=O)[C@@H]3CC=CCC3)cc12. The molecule has 7 heteroatoms. The second-order valence-electron chi connectivity index (χ2n) is 6.37. The van der Waals surface area contributed by atoms with Crippen LogP contribution in [0, 0.1) is 12.8 Å². The van der Waals surface area contributed by atoms with Crippen LogP contribution in [0.4, 0.5) is 5.69 Å². The first kappa shape index (κ1) is 17.1. The Kier molecular flexibility index (Phi) is 5.42. The van der Waals surface area contributed by atoms with Crippen LogP contribution in [0.2, 0.25) is 0 Å². The van der Waals surface area contributed by atoms with Gasteiger partial charge >= 0.3 is 0 Å². The van der Waals surface area contributed by atoms with Gasteiger partial charge in [-0.3, -0.25) is 14.7 Å². The minimum atomic E-state index is -0.0860. The largest absolute Gasteiger partial charge is 0.356 e. The van der Waals surface area contributed by atoms with Crippen LogP contribution in [0.15, 0.2) is 24.4 Å². The third-order valence-electron chi connectivity index (χ3n) is 4.40. The molecular weight excluding hydrogens is 318 g/mol. The van der Waals surface area contributed by atoms with E-state index >= 15 is 0 Å². The van der Waals surface area contributed by atoms with Gasteiger partial charge in [-0.25, -0.2) is 4.98 Å². The first-order chi connectivity index (χ1) is 12.1. The predicted octanol–water partition coefficient (Wildman–Crippen LogP) is 2.46. The van der Waals surface area contributed by atoms with Crippen molar-refractivity contribution in [3.8, 4) is 0 Å². The Hall–Kier alpha value is -2.70. The molecule has 0 saturated heterocycles. The number of nitrogens with zero attached hydrogens (tertiary/aromatic N) is 2. The first-order valence-corrected chi connectivity index (χ1v) is 8.67. The molecule has 1 aliphatic carbocycles. The Morgan fingerprint density at radius 3 is 3.04 bits per heavy atom. The van der Waals surface area contributed by atoms with Gasteiger partial charge in [-0.15, -0.1) is 0 Å². The summed E-state index contributed by atoms with van der Waals surface area (Å²) in [5, 5.41) is 13.6. The molecule has 3 rings (SSSR count). The average Bonchev–Trinajstić information content (AvgIpc) is 3.00. The number of anilines is 1. The number of hydrogen-bond donors (Lipinski definition) is 3. The second kappa shape index (κ2) is 7.92. The van der Waals surface area contributed by atoms with Crippen molar-refractivity contribution in [1.82, 2.24) is 20.5 Å². The van der Waals surface area contributed by atoms with Gasteiger partial charge in [0.05, 0.1) is 11.9 Å². The molecule has 2 aromatic rings. The molecule has 3 N–H and O–H groups in total. The van der Waals surface area contributed by atoms with Crippen LogP contribution >= 0.6 is 0 Å². The number of H-pyrrole nitrogens is 1. The van der Waals surface area contributed by atoms with E-state index in [1.165, 1.54) is 0 Å². The van der Waals surface area contributed by atoms with Gasteiger partial charge < -0.3 is 10.6 Å². The fourth-order valence-corrected chi connectivity index (χ4v) is 2.95. The number of carbonyl (C=O) groups excluding carboxylic acids is 2. The number of aryl methyl sites for hydroxylation is 1. The molecule has 25 heavy (non-hydrogen) atoms. The summed E-state index contributed by atoms with van der Waals surface area (Å²) in [5.74, 6) is 0.0850. The summed E-state index contributed by atoms with van der Waals surface area (Å²) in [5.41, 5.74) is 2.20. The maximum Gasteiger partial charge on any atom is 0.224 e. The van der Waals surface area contributed by atoms with Crippen LogP contribution in [0.25, 0.3) is 11.0 Å². The van der Waals surface area contributed by atoms with E-state index in [0.717, 1.165) is 30.3 Å². The Bertz CT molecular complexity index is 796. The van der Waals surface area contributed by atoms with E-state index in [0.29, 0.717) is 30.7 Å². The zero-order valence-electron chi connectivity index (χ0n) is 14.3. The number of allylic oxidation sites excluding steroid dienone is 2.